The first kappa shape index (κ1) is 14.7. The third-order valence-corrected chi connectivity index (χ3v) is 5.34. The SMILES string of the molecule is Cc1ccc(Cc2ccc(CCN3CCCCC3)s2)cn1. The minimum Gasteiger partial charge on any atom is -0.303 e. The third-order valence-electron chi connectivity index (χ3n) is 4.19. The van der Waals surface area contributed by atoms with E-state index in [2.05, 4.69) is 34.1 Å². The highest BCUT2D eigenvalue weighted by atomic mass is 32.1. The first-order valence-corrected chi connectivity index (χ1v) is 8.83. The van der Waals surface area contributed by atoms with E-state index < -0.39 is 0 Å². The van der Waals surface area contributed by atoms with Gasteiger partial charge in [0.15, 0.2) is 0 Å². The summed E-state index contributed by atoms with van der Waals surface area (Å²) in [6.45, 7) is 5.86. The Kier molecular flexibility index (Phi) is 5.04. The van der Waals surface area contributed by atoms with Gasteiger partial charge in [0.25, 0.3) is 0 Å². The van der Waals surface area contributed by atoms with Gasteiger partial charge in [-0.2, -0.15) is 0 Å². The van der Waals surface area contributed by atoms with Crippen molar-refractivity contribution in [1.29, 1.82) is 0 Å². The molecule has 3 heteroatoms. The monoisotopic (exact) mass is 300 g/mol. The molecule has 0 radical (unpaired) electrons. The standard InChI is InChI=1S/C18H24N2S/c1-15-5-6-16(14-19-15)13-18-8-7-17(21-18)9-12-20-10-3-2-4-11-20/h5-8,14H,2-4,9-13H2,1H3. The van der Waals surface area contributed by atoms with Gasteiger partial charge in [0.1, 0.15) is 0 Å². The van der Waals surface area contributed by atoms with Crippen LogP contribution in [0.3, 0.4) is 0 Å². The summed E-state index contributed by atoms with van der Waals surface area (Å²) < 4.78 is 0. The van der Waals surface area contributed by atoms with Crippen LogP contribution >= 0.6 is 11.3 Å². The van der Waals surface area contributed by atoms with Crippen molar-refractivity contribution in [2.24, 2.45) is 0 Å². The van der Waals surface area contributed by atoms with Crippen molar-refractivity contribution in [3.05, 3.63) is 51.5 Å². The van der Waals surface area contributed by atoms with E-state index in [0.29, 0.717) is 0 Å². The highest BCUT2D eigenvalue weighted by Crippen LogP contribution is 2.21. The molecule has 0 atom stereocenters. The van der Waals surface area contributed by atoms with E-state index in [-0.39, 0.29) is 0 Å². The van der Waals surface area contributed by atoms with Crippen LogP contribution < -0.4 is 0 Å². The van der Waals surface area contributed by atoms with Crippen LogP contribution in [0.25, 0.3) is 0 Å². The summed E-state index contributed by atoms with van der Waals surface area (Å²) >= 11 is 1.97. The fourth-order valence-electron chi connectivity index (χ4n) is 2.91. The van der Waals surface area contributed by atoms with Crippen molar-refractivity contribution in [3.8, 4) is 0 Å². The molecular weight excluding hydrogens is 276 g/mol. The van der Waals surface area contributed by atoms with E-state index in [9.17, 15) is 0 Å². The van der Waals surface area contributed by atoms with Crippen LogP contribution in [0, 0.1) is 6.92 Å². The zero-order chi connectivity index (χ0) is 14.5. The Morgan fingerprint density at radius 3 is 2.62 bits per heavy atom. The number of hydrogen-bond acceptors (Lipinski definition) is 3. The maximum Gasteiger partial charge on any atom is 0.0372 e. The van der Waals surface area contributed by atoms with Crippen LogP contribution in [-0.2, 0) is 12.8 Å². The number of aryl methyl sites for hydroxylation is 1. The van der Waals surface area contributed by atoms with E-state index in [1.165, 1.54) is 60.6 Å². The van der Waals surface area contributed by atoms with Crippen LogP contribution in [0.2, 0.25) is 0 Å². The molecule has 1 aliphatic rings. The molecule has 0 spiro atoms. The van der Waals surface area contributed by atoms with Gasteiger partial charge in [0, 0.05) is 34.6 Å². The molecule has 2 aromatic rings. The van der Waals surface area contributed by atoms with Crippen LogP contribution in [0.15, 0.2) is 30.5 Å². The smallest absolute Gasteiger partial charge is 0.0372 e. The number of likely N-dealkylation sites (tertiary alicyclic amines) is 1. The van der Waals surface area contributed by atoms with Gasteiger partial charge >= 0.3 is 0 Å². The molecule has 0 saturated carbocycles. The fourth-order valence-corrected chi connectivity index (χ4v) is 3.95. The minimum atomic E-state index is 1.02. The van der Waals surface area contributed by atoms with E-state index in [1.54, 1.807) is 0 Å². The van der Waals surface area contributed by atoms with Gasteiger partial charge < -0.3 is 4.90 Å². The molecule has 3 heterocycles. The topological polar surface area (TPSA) is 16.1 Å². The number of pyridine rings is 1. The van der Waals surface area contributed by atoms with Crippen LogP contribution in [0.5, 0.6) is 0 Å². The van der Waals surface area contributed by atoms with Gasteiger partial charge in [0.2, 0.25) is 0 Å². The summed E-state index contributed by atoms with van der Waals surface area (Å²) in [5.74, 6) is 0. The van der Waals surface area contributed by atoms with Crippen molar-refractivity contribution >= 4 is 11.3 Å². The Bertz CT molecular complexity index is 553. The van der Waals surface area contributed by atoms with Gasteiger partial charge in [-0.3, -0.25) is 4.98 Å². The number of rotatable bonds is 5. The molecule has 0 amide bonds. The van der Waals surface area contributed by atoms with Crippen molar-refractivity contribution < 1.29 is 0 Å². The molecule has 21 heavy (non-hydrogen) atoms. The molecule has 1 saturated heterocycles. The molecule has 0 aliphatic carbocycles. The number of thiophene rings is 1. The molecule has 3 rings (SSSR count). The highest BCUT2D eigenvalue weighted by molar-refractivity contribution is 7.12. The number of piperidine rings is 1. The van der Waals surface area contributed by atoms with E-state index in [4.69, 9.17) is 0 Å². The Morgan fingerprint density at radius 2 is 1.86 bits per heavy atom. The second-order valence-electron chi connectivity index (χ2n) is 6.00. The lowest BCUT2D eigenvalue weighted by molar-refractivity contribution is 0.232. The predicted octanol–water partition coefficient (Wildman–Crippen LogP) is 4.07. The van der Waals surface area contributed by atoms with Crippen LogP contribution in [0.4, 0.5) is 0 Å². The fraction of sp³-hybridized carbons (Fsp3) is 0.500. The van der Waals surface area contributed by atoms with Gasteiger partial charge in [-0.05, 0) is 63.0 Å². The Morgan fingerprint density at radius 1 is 1.05 bits per heavy atom. The summed E-state index contributed by atoms with van der Waals surface area (Å²) in [5.41, 5.74) is 2.40. The van der Waals surface area contributed by atoms with Crippen LogP contribution in [-0.4, -0.2) is 29.5 Å². The van der Waals surface area contributed by atoms with Crippen molar-refractivity contribution in [1.82, 2.24) is 9.88 Å². The maximum atomic E-state index is 4.38. The number of aromatic nitrogens is 1. The lowest BCUT2D eigenvalue weighted by Gasteiger charge is -2.25. The molecular formula is C18H24N2S. The molecule has 0 unspecified atom stereocenters. The predicted molar refractivity (Wildman–Crippen MR) is 90.1 cm³/mol. The summed E-state index contributed by atoms with van der Waals surface area (Å²) in [5, 5.41) is 0. The Hall–Kier alpha value is -1.19. The number of nitrogens with zero attached hydrogens (tertiary/aromatic N) is 2. The zero-order valence-corrected chi connectivity index (χ0v) is 13.7. The molecule has 1 aliphatic heterocycles. The van der Waals surface area contributed by atoms with Gasteiger partial charge in [0.05, 0.1) is 0 Å². The largest absolute Gasteiger partial charge is 0.303 e. The first-order chi connectivity index (χ1) is 10.3. The van der Waals surface area contributed by atoms with Crippen molar-refractivity contribution in [3.63, 3.8) is 0 Å². The molecule has 1 fully saturated rings. The molecule has 112 valence electrons. The average molecular weight is 300 g/mol. The number of hydrogen-bond donors (Lipinski definition) is 0. The second kappa shape index (κ2) is 7.19. The van der Waals surface area contributed by atoms with Crippen molar-refractivity contribution in [2.45, 2.75) is 39.0 Å². The van der Waals surface area contributed by atoms with Gasteiger partial charge in [-0.25, -0.2) is 0 Å². The van der Waals surface area contributed by atoms with E-state index in [0.717, 1.165) is 12.1 Å². The lowest BCUT2D eigenvalue weighted by atomic mass is 10.1. The van der Waals surface area contributed by atoms with E-state index in [1.807, 2.05) is 24.5 Å². The van der Waals surface area contributed by atoms with Crippen LogP contribution in [0.1, 0.15) is 40.3 Å². The Labute approximate surface area is 131 Å². The first-order valence-electron chi connectivity index (χ1n) is 8.01. The zero-order valence-electron chi connectivity index (χ0n) is 12.8. The normalized spacial score (nSPS) is 16.2. The maximum absolute atomic E-state index is 4.38. The lowest BCUT2D eigenvalue weighted by Crippen LogP contribution is -2.31. The summed E-state index contributed by atoms with van der Waals surface area (Å²) in [4.78, 5) is 9.97. The molecule has 2 aromatic heterocycles. The molecule has 2 nitrogen and oxygen atoms in total. The highest BCUT2D eigenvalue weighted by Gasteiger charge is 2.10. The minimum absolute atomic E-state index is 1.02. The molecule has 0 aromatic carbocycles. The Balaban J connectivity index is 1.52. The second-order valence-corrected chi connectivity index (χ2v) is 7.26. The third kappa shape index (κ3) is 4.39. The summed E-state index contributed by atoms with van der Waals surface area (Å²) in [7, 11) is 0. The van der Waals surface area contributed by atoms with Gasteiger partial charge in [-0.15, -0.1) is 11.3 Å². The van der Waals surface area contributed by atoms with Gasteiger partial charge in [-0.1, -0.05) is 12.5 Å². The van der Waals surface area contributed by atoms with Crippen molar-refractivity contribution in [2.75, 3.05) is 19.6 Å². The molecule has 0 bridgehead atoms. The van der Waals surface area contributed by atoms with E-state index >= 15 is 0 Å². The summed E-state index contributed by atoms with van der Waals surface area (Å²) in [6.07, 6.45) is 8.41. The molecule has 0 N–H and O–H groups in total. The quantitative estimate of drug-likeness (QED) is 0.827. The summed E-state index contributed by atoms with van der Waals surface area (Å²) in [6, 6.07) is 8.89. The average Bonchev–Trinajstić information content (AvgIpc) is 2.96.